The molecule has 2 atom stereocenters. The van der Waals surface area contributed by atoms with Crippen LogP contribution < -0.4 is 10.1 Å². The lowest BCUT2D eigenvalue weighted by atomic mass is 9.99. The van der Waals surface area contributed by atoms with Crippen molar-refractivity contribution in [2.75, 3.05) is 20.8 Å². The van der Waals surface area contributed by atoms with Crippen molar-refractivity contribution in [1.82, 2.24) is 10.2 Å². The zero-order valence-corrected chi connectivity index (χ0v) is 18.9. The number of esters is 1. The minimum Gasteiger partial charge on any atom is -0.497 e. The molecule has 3 aromatic carbocycles. The molecule has 1 aliphatic rings. The van der Waals surface area contributed by atoms with E-state index in [1.807, 2.05) is 78.9 Å². The molecule has 1 heterocycles. The average Bonchev–Trinajstić information content (AvgIpc) is 3.25. The Morgan fingerprint density at radius 2 is 1.73 bits per heavy atom. The lowest BCUT2D eigenvalue weighted by molar-refractivity contribution is -0.146. The summed E-state index contributed by atoms with van der Waals surface area (Å²) >= 11 is 0. The van der Waals surface area contributed by atoms with Crippen LogP contribution in [0.2, 0.25) is 0 Å². The lowest BCUT2D eigenvalue weighted by Gasteiger charge is -2.22. The molecule has 0 saturated carbocycles. The first-order valence-corrected chi connectivity index (χ1v) is 11.0. The molecular weight excluding hydrogens is 416 g/mol. The number of likely N-dealkylation sites (tertiary alicyclic amines) is 1. The second-order valence-corrected chi connectivity index (χ2v) is 8.14. The van der Waals surface area contributed by atoms with Crippen molar-refractivity contribution < 1.29 is 19.1 Å². The summed E-state index contributed by atoms with van der Waals surface area (Å²) in [5.41, 5.74) is 3.52. The van der Waals surface area contributed by atoms with Gasteiger partial charge >= 0.3 is 5.97 Å². The minimum atomic E-state index is -0.420. The van der Waals surface area contributed by atoms with Gasteiger partial charge < -0.3 is 14.8 Å². The molecule has 33 heavy (non-hydrogen) atoms. The van der Waals surface area contributed by atoms with E-state index in [1.165, 1.54) is 7.11 Å². The summed E-state index contributed by atoms with van der Waals surface area (Å²) in [6, 6.07) is 24.6. The van der Waals surface area contributed by atoms with Gasteiger partial charge in [-0.3, -0.25) is 14.5 Å². The van der Waals surface area contributed by atoms with Crippen LogP contribution in [-0.4, -0.2) is 49.6 Å². The van der Waals surface area contributed by atoms with Crippen molar-refractivity contribution in [2.24, 2.45) is 0 Å². The summed E-state index contributed by atoms with van der Waals surface area (Å²) in [5, 5.41) is 3.14. The summed E-state index contributed by atoms with van der Waals surface area (Å²) in [4.78, 5) is 27.8. The highest BCUT2D eigenvalue weighted by Gasteiger charge is 2.38. The number of benzene rings is 3. The van der Waals surface area contributed by atoms with Crippen LogP contribution in [0.15, 0.2) is 78.9 Å². The molecule has 6 heteroatoms. The molecular formula is C27H28N2O4. The first kappa shape index (κ1) is 22.6. The van der Waals surface area contributed by atoms with E-state index in [1.54, 1.807) is 7.11 Å². The van der Waals surface area contributed by atoms with Crippen LogP contribution in [0.25, 0.3) is 11.1 Å². The van der Waals surface area contributed by atoms with E-state index < -0.39 is 6.04 Å². The predicted molar refractivity (Wildman–Crippen MR) is 127 cm³/mol. The standard InChI is InChI=1S/C27H28N2O4/c1-32-22-12-8-9-19(15-22)17-29-18-21(16-25(29)27(31)33-2)28-26(30)24-14-7-6-13-23(24)20-10-4-3-5-11-20/h3-15,21,25H,16-18H2,1-2H3,(H,28,30)/t21-,25+/m1/s1. The van der Waals surface area contributed by atoms with Crippen molar-refractivity contribution in [3.05, 3.63) is 90.0 Å². The first-order valence-electron chi connectivity index (χ1n) is 11.0. The second-order valence-electron chi connectivity index (χ2n) is 8.14. The molecule has 0 aliphatic carbocycles. The number of carbonyl (C=O) groups excluding carboxylic acids is 2. The molecule has 6 nitrogen and oxygen atoms in total. The fourth-order valence-electron chi connectivity index (χ4n) is 4.38. The Morgan fingerprint density at radius 3 is 2.48 bits per heavy atom. The lowest BCUT2D eigenvalue weighted by Crippen LogP contribution is -2.37. The predicted octanol–water partition coefficient (Wildman–Crippen LogP) is 3.91. The molecule has 1 aliphatic heterocycles. The summed E-state index contributed by atoms with van der Waals surface area (Å²) < 4.78 is 10.4. The molecule has 1 saturated heterocycles. The Kier molecular flexibility index (Phi) is 7.05. The van der Waals surface area contributed by atoms with E-state index in [2.05, 4.69) is 10.2 Å². The Balaban J connectivity index is 1.51. The molecule has 4 rings (SSSR count). The number of rotatable bonds is 7. The van der Waals surface area contributed by atoms with Gasteiger partial charge in [-0.25, -0.2) is 0 Å². The van der Waals surface area contributed by atoms with E-state index in [-0.39, 0.29) is 17.9 Å². The van der Waals surface area contributed by atoms with Crippen LogP contribution in [-0.2, 0) is 16.1 Å². The van der Waals surface area contributed by atoms with Gasteiger partial charge in [-0.15, -0.1) is 0 Å². The van der Waals surface area contributed by atoms with E-state index >= 15 is 0 Å². The normalized spacial score (nSPS) is 18.0. The number of ether oxygens (including phenoxy) is 2. The zero-order valence-electron chi connectivity index (χ0n) is 18.9. The SMILES string of the molecule is COC(=O)[C@@H]1C[C@@H](NC(=O)c2ccccc2-c2ccccc2)CN1Cc1cccc(OC)c1. The molecule has 1 N–H and O–H groups in total. The minimum absolute atomic E-state index is 0.147. The molecule has 170 valence electrons. The highest BCUT2D eigenvalue weighted by atomic mass is 16.5. The third-order valence-corrected chi connectivity index (χ3v) is 5.99. The Bertz CT molecular complexity index is 1120. The van der Waals surface area contributed by atoms with Gasteiger partial charge in [0.05, 0.1) is 14.2 Å². The number of hydrogen-bond donors (Lipinski definition) is 1. The summed E-state index contributed by atoms with van der Waals surface area (Å²) in [6.45, 7) is 1.11. The van der Waals surface area contributed by atoms with Gasteiger partial charge in [-0.2, -0.15) is 0 Å². The van der Waals surface area contributed by atoms with E-state index in [4.69, 9.17) is 9.47 Å². The molecule has 0 bridgehead atoms. The largest absolute Gasteiger partial charge is 0.497 e. The van der Waals surface area contributed by atoms with Gasteiger partial charge in [0.1, 0.15) is 11.8 Å². The topological polar surface area (TPSA) is 67.9 Å². The van der Waals surface area contributed by atoms with Crippen molar-refractivity contribution >= 4 is 11.9 Å². The van der Waals surface area contributed by atoms with E-state index in [0.717, 1.165) is 22.4 Å². The summed E-state index contributed by atoms with van der Waals surface area (Å²) in [6.07, 6.45) is 0.496. The molecule has 3 aromatic rings. The van der Waals surface area contributed by atoms with Crippen LogP contribution in [0.5, 0.6) is 5.75 Å². The van der Waals surface area contributed by atoms with Gasteiger partial charge in [0.25, 0.3) is 5.91 Å². The molecule has 0 radical (unpaired) electrons. The number of nitrogens with zero attached hydrogens (tertiary/aromatic N) is 1. The second kappa shape index (κ2) is 10.3. The summed E-state index contributed by atoms with van der Waals surface area (Å²) in [5.74, 6) is 0.328. The third-order valence-electron chi connectivity index (χ3n) is 5.99. The Morgan fingerprint density at radius 1 is 0.970 bits per heavy atom. The third kappa shape index (κ3) is 5.23. The van der Waals surface area contributed by atoms with Crippen molar-refractivity contribution in [2.45, 2.75) is 25.0 Å². The number of amides is 1. The molecule has 1 amide bonds. The number of carbonyl (C=O) groups is 2. The average molecular weight is 445 g/mol. The fraction of sp³-hybridized carbons (Fsp3) is 0.259. The van der Waals surface area contributed by atoms with Crippen LogP contribution in [0.3, 0.4) is 0 Å². The van der Waals surface area contributed by atoms with Gasteiger partial charge in [-0.1, -0.05) is 60.7 Å². The van der Waals surface area contributed by atoms with Gasteiger partial charge in [0, 0.05) is 24.7 Å². The molecule has 0 spiro atoms. The van der Waals surface area contributed by atoms with Crippen LogP contribution in [0.4, 0.5) is 0 Å². The van der Waals surface area contributed by atoms with Crippen molar-refractivity contribution in [1.29, 1.82) is 0 Å². The van der Waals surface area contributed by atoms with Crippen molar-refractivity contribution in [3.63, 3.8) is 0 Å². The van der Waals surface area contributed by atoms with E-state index in [0.29, 0.717) is 25.1 Å². The van der Waals surface area contributed by atoms with E-state index in [9.17, 15) is 9.59 Å². The van der Waals surface area contributed by atoms with Gasteiger partial charge in [-0.05, 0) is 41.3 Å². The maximum atomic E-state index is 13.2. The van der Waals surface area contributed by atoms with Crippen LogP contribution >= 0.6 is 0 Å². The fourth-order valence-corrected chi connectivity index (χ4v) is 4.38. The highest BCUT2D eigenvalue weighted by Crippen LogP contribution is 2.26. The number of hydrogen-bond acceptors (Lipinski definition) is 5. The smallest absolute Gasteiger partial charge is 0.323 e. The van der Waals surface area contributed by atoms with Crippen molar-refractivity contribution in [3.8, 4) is 16.9 Å². The highest BCUT2D eigenvalue weighted by molar-refractivity contribution is 6.01. The molecule has 1 fully saturated rings. The van der Waals surface area contributed by atoms with Gasteiger partial charge in [0.2, 0.25) is 0 Å². The zero-order chi connectivity index (χ0) is 23.2. The monoisotopic (exact) mass is 444 g/mol. The Hall–Kier alpha value is -3.64. The number of nitrogens with one attached hydrogen (secondary N) is 1. The summed E-state index contributed by atoms with van der Waals surface area (Å²) in [7, 11) is 3.03. The maximum Gasteiger partial charge on any atom is 0.323 e. The molecule has 0 aromatic heterocycles. The Labute approximate surface area is 194 Å². The number of methoxy groups -OCH3 is 2. The van der Waals surface area contributed by atoms with Crippen LogP contribution in [0, 0.1) is 0 Å². The van der Waals surface area contributed by atoms with Gasteiger partial charge in [0.15, 0.2) is 0 Å². The van der Waals surface area contributed by atoms with Crippen LogP contribution in [0.1, 0.15) is 22.3 Å². The maximum absolute atomic E-state index is 13.2. The molecule has 0 unspecified atom stereocenters. The first-order chi connectivity index (χ1) is 16.1. The quantitative estimate of drug-likeness (QED) is 0.560.